The summed E-state index contributed by atoms with van der Waals surface area (Å²) in [5, 5.41) is 10.4. The van der Waals surface area contributed by atoms with Gasteiger partial charge in [-0.2, -0.15) is 0 Å². The highest BCUT2D eigenvalue weighted by atomic mass is 16.4. The lowest BCUT2D eigenvalue weighted by Gasteiger charge is -2.24. The third-order valence-corrected chi connectivity index (χ3v) is 2.48. The average Bonchev–Trinajstić information content (AvgIpc) is 2.60. The van der Waals surface area contributed by atoms with E-state index in [0.717, 1.165) is 5.69 Å². The second-order valence-corrected chi connectivity index (χ2v) is 3.70. The number of carbonyl (C=O) groups is 2. The van der Waals surface area contributed by atoms with Gasteiger partial charge in [-0.05, 0) is 12.1 Å². The molecule has 1 heterocycles. The van der Waals surface area contributed by atoms with Gasteiger partial charge in [-0.25, -0.2) is 0 Å². The van der Waals surface area contributed by atoms with Crippen molar-refractivity contribution in [1.82, 2.24) is 5.43 Å². The lowest BCUT2D eigenvalue weighted by molar-refractivity contribution is -0.137. The molecule has 1 atom stereocenters. The molecule has 1 amide bonds. The molecule has 0 aliphatic carbocycles. The summed E-state index contributed by atoms with van der Waals surface area (Å²) in [6, 6.07) is 8.91. The molecule has 2 rings (SSSR count). The summed E-state index contributed by atoms with van der Waals surface area (Å²) in [4.78, 5) is 21.9. The molecule has 0 saturated carbocycles. The van der Waals surface area contributed by atoms with E-state index in [9.17, 15) is 9.59 Å². The Hall–Kier alpha value is -2.04. The first-order valence-corrected chi connectivity index (χ1v) is 5.02. The average molecular weight is 220 g/mol. The Morgan fingerprint density at radius 1 is 1.44 bits per heavy atom. The monoisotopic (exact) mass is 220 g/mol. The Kier molecular flexibility index (Phi) is 2.76. The SMILES string of the molecule is O=C(O)CC1CC(=O)NN1c1ccccc1. The van der Waals surface area contributed by atoms with Crippen LogP contribution in [0.2, 0.25) is 0 Å². The van der Waals surface area contributed by atoms with Crippen molar-refractivity contribution in [3.05, 3.63) is 30.3 Å². The molecule has 1 unspecified atom stereocenters. The number of carbonyl (C=O) groups excluding carboxylic acids is 1. The molecule has 1 aliphatic heterocycles. The van der Waals surface area contributed by atoms with E-state index in [1.165, 1.54) is 0 Å². The quantitative estimate of drug-likeness (QED) is 0.789. The summed E-state index contributed by atoms with van der Waals surface area (Å²) in [7, 11) is 0. The number of benzene rings is 1. The predicted molar refractivity (Wildman–Crippen MR) is 57.7 cm³/mol. The lowest BCUT2D eigenvalue weighted by Crippen LogP contribution is -2.39. The highest BCUT2D eigenvalue weighted by molar-refractivity contribution is 5.84. The van der Waals surface area contributed by atoms with Gasteiger partial charge in [0.25, 0.3) is 0 Å². The number of hydrogen-bond donors (Lipinski definition) is 2. The molecular weight excluding hydrogens is 208 g/mol. The minimum atomic E-state index is -0.901. The highest BCUT2D eigenvalue weighted by Crippen LogP contribution is 2.22. The van der Waals surface area contributed by atoms with Gasteiger partial charge in [-0.1, -0.05) is 18.2 Å². The normalized spacial score (nSPS) is 19.6. The number of aliphatic carboxylic acids is 1. The number of amides is 1. The highest BCUT2D eigenvalue weighted by Gasteiger charge is 2.31. The van der Waals surface area contributed by atoms with E-state index in [1.54, 1.807) is 5.01 Å². The van der Waals surface area contributed by atoms with E-state index in [4.69, 9.17) is 5.11 Å². The molecular formula is C11H12N2O3. The third-order valence-electron chi connectivity index (χ3n) is 2.48. The Morgan fingerprint density at radius 3 is 2.75 bits per heavy atom. The largest absolute Gasteiger partial charge is 0.481 e. The van der Waals surface area contributed by atoms with Gasteiger partial charge in [0.05, 0.1) is 24.6 Å². The number of para-hydroxylation sites is 1. The maximum atomic E-state index is 11.3. The Labute approximate surface area is 92.6 Å². The van der Waals surface area contributed by atoms with Crippen LogP contribution in [0.15, 0.2) is 30.3 Å². The van der Waals surface area contributed by atoms with E-state index in [1.807, 2.05) is 30.3 Å². The Bertz CT molecular complexity index is 405. The first kappa shape index (κ1) is 10.5. The third kappa shape index (κ3) is 2.13. The van der Waals surface area contributed by atoms with E-state index < -0.39 is 5.97 Å². The number of hydrogen-bond acceptors (Lipinski definition) is 3. The molecule has 5 nitrogen and oxygen atoms in total. The molecule has 5 heteroatoms. The van der Waals surface area contributed by atoms with Crippen molar-refractivity contribution in [1.29, 1.82) is 0 Å². The zero-order valence-corrected chi connectivity index (χ0v) is 8.59. The van der Waals surface area contributed by atoms with Crippen LogP contribution in [-0.2, 0) is 9.59 Å². The fourth-order valence-electron chi connectivity index (χ4n) is 1.81. The predicted octanol–water partition coefficient (Wildman–Crippen LogP) is 0.771. The second kappa shape index (κ2) is 4.22. The Balaban J connectivity index is 2.19. The van der Waals surface area contributed by atoms with Crippen molar-refractivity contribution in [2.75, 3.05) is 5.01 Å². The van der Waals surface area contributed by atoms with Gasteiger partial charge in [-0.15, -0.1) is 0 Å². The van der Waals surface area contributed by atoms with Crippen molar-refractivity contribution < 1.29 is 14.7 Å². The van der Waals surface area contributed by atoms with Gasteiger partial charge in [-0.3, -0.25) is 20.0 Å². The minimum absolute atomic E-state index is 0.0480. The molecule has 0 radical (unpaired) electrons. The van der Waals surface area contributed by atoms with Gasteiger partial charge in [0, 0.05) is 0 Å². The maximum absolute atomic E-state index is 11.3. The van der Waals surface area contributed by atoms with Gasteiger partial charge >= 0.3 is 5.97 Å². The molecule has 0 aromatic heterocycles. The van der Waals surface area contributed by atoms with Crippen LogP contribution in [0.25, 0.3) is 0 Å². The first-order valence-electron chi connectivity index (χ1n) is 5.02. The van der Waals surface area contributed by atoms with Gasteiger partial charge in [0.2, 0.25) is 5.91 Å². The summed E-state index contributed by atoms with van der Waals surface area (Å²) in [6.45, 7) is 0. The number of nitrogens with zero attached hydrogens (tertiary/aromatic N) is 1. The molecule has 16 heavy (non-hydrogen) atoms. The minimum Gasteiger partial charge on any atom is -0.481 e. The van der Waals surface area contributed by atoms with Gasteiger partial charge in [0.15, 0.2) is 0 Å². The van der Waals surface area contributed by atoms with Crippen molar-refractivity contribution in [2.45, 2.75) is 18.9 Å². The topological polar surface area (TPSA) is 69.6 Å². The number of carboxylic acid groups (broad SMARTS) is 1. The second-order valence-electron chi connectivity index (χ2n) is 3.70. The van der Waals surface area contributed by atoms with Crippen molar-refractivity contribution in [3.63, 3.8) is 0 Å². The molecule has 1 fully saturated rings. The number of carboxylic acids is 1. The van der Waals surface area contributed by atoms with Crippen LogP contribution in [-0.4, -0.2) is 23.0 Å². The van der Waals surface area contributed by atoms with Gasteiger partial charge in [0.1, 0.15) is 0 Å². The number of nitrogens with one attached hydrogen (secondary N) is 1. The molecule has 2 N–H and O–H groups in total. The van der Waals surface area contributed by atoms with Gasteiger partial charge < -0.3 is 5.11 Å². The fourth-order valence-corrected chi connectivity index (χ4v) is 1.81. The van der Waals surface area contributed by atoms with Crippen LogP contribution in [0.1, 0.15) is 12.8 Å². The van der Waals surface area contributed by atoms with Crippen LogP contribution in [0.3, 0.4) is 0 Å². The zero-order chi connectivity index (χ0) is 11.5. The molecule has 1 saturated heterocycles. The summed E-state index contributed by atoms with van der Waals surface area (Å²) in [5.41, 5.74) is 3.46. The van der Waals surface area contributed by atoms with Crippen LogP contribution in [0.4, 0.5) is 5.69 Å². The van der Waals surface area contributed by atoms with Crippen LogP contribution in [0, 0.1) is 0 Å². The molecule has 84 valence electrons. The maximum Gasteiger partial charge on any atom is 0.305 e. The number of anilines is 1. The standard InChI is InChI=1S/C11H12N2O3/c14-10-6-9(7-11(15)16)13(12-10)8-4-2-1-3-5-8/h1-5,9H,6-7H2,(H,12,14)(H,15,16). The van der Waals surface area contributed by atoms with E-state index in [-0.39, 0.29) is 24.8 Å². The van der Waals surface area contributed by atoms with E-state index in [0.29, 0.717) is 0 Å². The van der Waals surface area contributed by atoms with Crippen LogP contribution in [0.5, 0.6) is 0 Å². The van der Waals surface area contributed by atoms with Crippen LogP contribution >= 0.6 is 0 Å². The first-order chi connectivity index (χ1) is 7.66. The fraction of sp³-hybridized carbons (Fsp3) is 0.273. The smallest absolute Gasteiger partial charge is 0.305 e. The van der Waals surface area contributed by atoms with E-state index >= 15 is 0 Å². The molecule has 0 bridgehead atoms. The zero-order valence-electron chi connectivity index (χ0n) is 8.59. The molecule has 1 aromatic rings. The molecule has 1 aromatic carbocycles. The molecule has 0 spiro atoms. The lowest BCUT2D eigenvalue weighted by atomic mass is 10.1. The van der Waals surface area contributed by atoms with Crippen molar-refractivity contribution in [3.8, 4) is 0 Å². The summed E-state index contributed by atoms with van der Waals surface area (Å²) >= 11 is 0. The number of rotatable bonds is 3. The molecule has 1 aliphatic rings. The van der Waals surface area contributed by atoms with Crippen molar-refractivity contribution >= 4 is 17.6 Å². The summed E-state index contributed by atoms with van der Waals surface area (Å²) in [5.74, 6) is -1.04. The summed E-state index contributed by atoms with van der Waals surface area (Å²) in [6.07, 6.45) is 0.175. The van der Waals surface area contributed by atoms with Crippen LogP contribution < -0.4 is 10.4 Å². The summed E-state index contributed by atoms with van der Waals surface area (Å²) < 4.78 is 0. The number of hydrazine groups is 1. The van der Waals surface area contributed by atoms with E-state index in [2.05, 4.69) is 5.43 Å². The van der Waals surface area contributed by atoms with Crippen molar-refractivity contribution in [2.24, 2.45) is 0 Å². The Morgan fingerprint density at radius 2 is 2.12 bits per heavy atom.